The molecule has 0 spiro atoms. The van der Waals surface area contributed by atoms with E-state index in [1.54, 1.807) is 0 Å². The van der Waals surface area contributed by atoms with Gasteiger partial charge >= 0.3 is 0 Å². The highest BCUT2D eigenvalue weighted by atomic mass is 16.3. The number of aliphatic hydroxyl groups excluding tert-OH is 1. The van der Waals surface area contributed by atoms with Gasteiger partial charge in [0.15, 0.2) is 0 Å². The lowest BCUT2D eigenvalue weighted by molar-refractivity contribution is 0.209. The Morgan fingerprint density at radius 2 is 2.33 bits per heavy atom. The molecule has 1 aliphatic carbocycles. The van der Waals surface area contributed by atoms with Crippen LogP contribution in [0.3, 0.4) is 0 Å². The maximum atomic E-state index is 8.83. The van der Waals surface area contributed by atoms with Crippen molar-refractivity contribution in [2.24, 2.45) is 5.92 Å². The molecular formula is C7H15NO. The zero-order valence-electron chi connectivity index (χ0n) is 5.93. The summed E-state index contributed by atoms with van der Waals surface area (Å²) < 4.78 is 0. The predicted octanol–water partition coefficient (Wildman–Crippen LogP) is 0.367. The standard InChI is InChI=1S/C7H15NO/c1-8-7-4-2-3-6(7)5-9/h6-9H,2-5H2,1H3/t6?,7-/m1/s1. The summed E-state index contributed by atoms with van der Waals surface area (Å²) >= 11 is 0. The van der Waals surface area contributed by atoms with Crippen molar-refractivity contribution in [2.75, 3.05) is 13.7 Å². The maximum Gasteiger partial charge on any atom is 0.0474 e. The summed E-state index contributed by atoms with van der Waals surface area (Å²) in [6.45, 7) is 0.353. The van der Waals surface area contributed by atoms with Gasteiger partial charge in [-0.3, -0.25) is 0 Å². The smallest absolute Gasteiger partial charge is 0.0474 e. The molecule has 0 aromatic carbocycles. The molecule has 2 N–H and O–H groups in total. The van der Waals surface area contributed by atoms with Crippen LogP contribution in [0.15, 0.2) is 0 Å². The van der Waals surface area contributed by atoms with Gasteiger partial charge in [-0.25, -0.2) is 0 Å². The normalized spacial score (nSPS) is 35.3. The minimum Gasteiger partial charge on any atom is -0.396 e. The summed E-state index contributed by atoms with van der Waals surface area (Å²) in [6, 6.07) is 0.579. The highest BCUT2D eigenvalue weighted by Gasteiger charge is 2.24. The fourth-order valence-corrected chi connectivity index (χ4v) is 1.64. The topological polar surface area (TPSA) is 32.3 Å². The Morgan fingerprint density at radius 1 is 1.56 bits per heavy atom. The van der Waals surface area contributed by atoms with Crippen LogP contribution in [0.25, 0.3) is 0 Å². The molecule has 1 saturated carbocycles. The third kappa shape index (κ3) is 1.43. The highest BCUT2D eigenvalue weighted by molar-refractivity contribution is 4.80. The van der Waals surface area contributed by atoms with E-state index < -0.39 is 0 Å². The van der Waals surface area contributed by atoms with Gasteiger partial charge < -0.3 is 10.4 Å². The van der Waals surface area contributed by atoms with E-state index in [-0.39, 0.29) is 0 Å². The molecule has 2 nitrogen and oxygen atoms in total. The van der Waals surface area contributed by atoms with E-state index in [4.69, 9.17) is 5.11 Å². The fraction of sp³-hybridized carbons (Fsp3) is 1.00. The van der Waals surface area contributed by atoms with Crippen molar-refractivity contribution >= 4 is 0 Å². The summed E-state index contributed by atoms with van der Waals surface area (Å²) in [4.78, 5) is 0. The minimum atomic E-state index is 0.353. The molecule has 0 radical (unpaired) electrons. The highest BCUT2D eigenvalue weighted by Crippen LogP contribution is 2.24. The van der Waals surface area contributed by atoms with E-state index in [2.05, 4.69) is 5.32 Å². The summed E-state index contributed by atoms with van der Waals surface area (Å²) in [7, 11) is 1.97. The first-order valence-electron chi connectivity index (χ1n) is 3.66. The third-order valence-corrected chi connectivity index (χ3v) is 2.26. The summed E-state index contributed by atoms with van der Waals surface area (Å²) in [5, 5.41) is 12.0. The molecule has 0 aromatic heterocycles. The molecule has 1 fully saturated rings. The molecular weight excluding hydrogens is 114 g/mol. The van der Waals surface area contributed by atoms with Crippen LogP contribution in [0.4, 0.5) is 0 Å². The second-order valence-corrected chi connectivity index (χ2v) is 2.77. The molecule has 0 aliphatic heterocycles. The quantitative estimate of drug-likeness (QED) is 0.564. The van der Waals surface area contributed by atoms with Crippen molar-refractivity contribution in [3.8, 4) is 0 Å². The van der Waals surface area contributed by atoms with Crippen LogP contribution < -0.4 is 5.32 Å². The van der Waals surface area contributed by atoms with E-state index in [9.17, 15) is 0 Å². The van der Waals surface area contributed by atoms with Gasteiger partial charge in [0.1, 0.15) is 0 Å². The monoisotopic (exact) mass is 129 g/mol. The van der Waals surface area contributed by atoms with Crippen molar-refractivity contribution in [3.63, 3.8) is 0 Å². The molecule has 0 amide bonds. The zero-order valence-corrected chi connectivity index (χ0v) is 5.93. The lowest BCUT2D eigenvalue weighted by Gasteiger charge is -2.15. The number of hydrogen-bond acceptors (Lipinski definition) is 2. The Bertz CT molecular complexity index is 75.0. The maximum absolute atomic E-state index is 8.83. The minimum absolute atomic E-state index is 0.353. The number of nitrogens with one attached hydrogen (secondary N) is 1. The number of aliphatic hydroxyl groups is 1. The largest absolute Gasteiger partial charge is 0.396 e. The van der Waals surface area contributed by atoms with Crippen molar-refractivity contribution in [3.05, 3.63) is 0 Å². The summed E-state index contributed by atoms with van der Waals surface area (Å²) in [5.74, 6) is 0.523. The van der Waals surface area contributed by atoms with E-state index in [0.717, 1.165) is 0 Å². The van der Waals surface area contributed by atoms with Crippen LogP contribution in [0, 0.1) is 5.92 Å². The lowest BCUT2D eigenvalue weighted by Crippen LogP contribution is -2.30. The molecule has 1 unspecified atom stereocenters. The summed E-state index contributed by atoms with van der Waals surface area (Å²) in [6.07, 6.45) is 3.71. The molecule has 0 heterocycles. The zero-order chi connectivity index (χ0) is 6.69. The van der Waals surface area contributed by atoms with Crippen molar-refractivity contribution in [1.82, 2.24) is 5.32 Å². The van der Waals surface area contributed by atoms with Crippen molar-refractivity contribution < 1.29 is 5.11 Å². The van der Waals surface area contributed by atoms with Crippen LogP contribution in [-0.4, -0.2) is 24.8 Å². The number of hydrogen-bond donors (Lipinski definition) is 2. The van der Waals surface area contributed by atoms with Crippen molar-refractivity contribution in [1.29, 1.82) is 0 Å². The third-order valence-electron chi connectivity index (χ3n) is 2.26. The molecule has 1 aliphatic rings. The Hall–Kier alpha value is -0.0800. The molecule has 0 aromatic rings. The van der Waals surface area contributed by atoms with Gasteiger partial charge in [-0.1, -0.05) is 6.42 Å². The van der Waals surface area contributed by atoms with Gasteiger partial charge in [-0.15, -0.1) is 0 Å². The van der Waals surface area contributed by atoms with Gasteiger partial charge in [0, 0.05) is 12.6 Å². The van der Waals surface area contributed by atoms with Crippen LogP contribution in [-0.2, 0) is 0 Å². The fourth-order valence-electron chi connectivity index (χ4n) is 1.64. The second kappa shape index (κ2) is 3.18. The average Bonchev–Trinajstić information content (AvgIpc) is 2.33. The molecule has 0 bridgehead atoms. The summed E-state index contributed by atoms with van der Waals surface area (Å²) in [5.41, 5.74) is 0. The van der Waals surface area contributed by atoms with Gasteiger partial charge in [0.05, 0.1) is 0 Å². The van der Waals surface area contributed by atoms with Crippen LogP contribution in [0.1, 0.15) is 19.3 Å². The first-order valence-corrected chi connectivity index (χ1v) is 3.66. The predicted molar refractivity (Wildman–Crippen MR) is 37.3 cm³/mol. The molecule has 2 atom stereocenters. The van der Waals surface area contributed by atoms with E-state index in [1.165, 1.54) is 19.3 Å². The van der Waals surface area contributed by atoms with E-state index >= 15 is 0 Å². The molecule has 54 valence electrons. The first kappa shape index (κ1) is 7.03. The second-order valence-electron chi connectivity index (χ2n) is 2.77. The Kier molecular flexibility index (Phi) is 2.49. The SMILES string of the molecule is CN[C@@H]1CCCC1CO. The van der Waals surface area contributed by atoms with E-state index in [0.29, 0.717) is 18.6 Å². The lowest BCUT2D eigenvalue weighted by atomic mass is 10.1. The van der Waals surface area contributed by atoms with E-state index in [1.807, 2.05) is 7.05 Å². The first-order chi connectivity index (χ1) is 4.38. The van der Waals surface area contributed by atoms with Crippen LogP contribution in [0.5, 0.6) is 0 Å². The van der Waals surface area contributed by atoms with Crippen LogP contribution >= 0.6 is 0 Å². The van der Waals surface area contributed by atoms with Crippen LogP contribution in [0.2, 0.25) is 0 Å². The van der Waals surface area contributed by atoms with Gasteiger partial charge in [0.25, 0.3) is 0 Å². The van der Waals surface area contributed by atoms with Gasteiger partial charge in [-0.2, -0.15) is 0 Å². The molecule has 1 rings (SSSR count). The molecule has 9 heavy (non-hydrogen) atoms. The van der Waals surface area contributed by atoms with Gasteiger partial charge in [-0.05, 0) is 25.8 Å². The Balaban J connectivity index is 2.32. The molecule has 0 saturated heterocycles. The van der Waals surface area contributed by atoms with Gasteiger partial charge in [0.2, 0.25) is 0 Å². The average molecular weight is 129 g/mol. The van der Waals surface area contributed by atoms with Crippen molar-refractivity contribution in [2.45, 2.75) is 25.3 Å². The Morgan fingerprint density at radius 3 is 2.78 bits per heavy atom. The number of rotatable bonds is 2. The molecule has 2 heteroatoms. The Labute approximate surface area is 56.3 Å².